The molecule has 14 heavy (non-hydrogen) atoms. The molecule has 1 amide bonds. The number of carbonyl (C=O) groups excluding carboxylic acids is 1. The molecule has 0 heterocycles. The normalized spacial score (nSPS) is 19.1. The lowest BCUT2D eigenvalue weighted by atomic mass is 10.2. The fraction of sp³-hybridized carbons (Fsp3) is 0.875. The summed E-state index contributed by atoms with van der Waals surface area (Å²) in [6.07, 6.45) is -4.12. The van der Waals surface area contributed by atoms with E-state index in [0.717, 1.165) is 0 Å². The largest absolute Gasteiger partial charge is 0.406 e. The first-order chi connectivity index (χ1) is 6.41. The smallest absolute Gasteiger partial charge is 0.355 e. The van der Waals surface area contributed by atoms with Crippen LogP contribution in [0.3, 0.4) is 0 Å². The maximum Gasteiger partial charge on any atom is 0.406 e. The Labute approximate surface area is 80.0 Å². The van der Waals surface area contributed by atoms with Gasteiger partial charge in [-0.15, -0.1) is 0 Å². The molecule has 0 aromatic carbocycles. The summed E-state index contributed by atoms with van der Waals surface area (Å²) in [4.78, 5) is 10.9. The number of carbonyl (C=O) groups is 1. The number of likely N-dealkylation sites (N-methyl/N-ethyl adjacent to an activating group) is 1. The van der Waals surface area contributed by atoms with E-state index in [1.54, 1.807) is 6.92 Å². The predicted molar refractivity (Wildman–Crippen MR) is 44.7 cm³/mol. The van der Waals surface area contributed by atoms with E-state index in [2.05, 4.69) is 10.6 Å². The number of amides is 1. The maximum absolute atomic E-state index is 12.3. The third-order valence-electron chi connectivity index (χ3n) is 2.25. The minimum atomic E-state index is -4.25. The molecule has 1 saturated carbocycles. The van der Waals surface area contributed by atoms with Crippen LogP contribution >= 0.6 is 0 Å². The van der Waals surface area contributed by atoms with Crippen LogP contribution in [-0.2, 0) is 4.79 Å². The Balaban J connectivity index is 2.35. The highest BCUT2D eigenvalue weighted by atomic mass is 19.4. The molecule has 1 aliphatic rings. The monoisotopic (exact) mass is 210 g/mol. The predicted octanol–water partition coefficient (Wildman–Crippen LogP) is 0.807. The molecule has 0 atom stereocenters. The van der Waals surface area contributed by atoms with Crippen LogP contribution in [0.5, 0.6) is 0 Å². The van der Waals surface area contributed by atoms with Gasteiger partial charge in [0.15, 0.2) is 0 Å². The van der Waals surface area contributed by atoms with Gasteiger partial charge in [-0.3, -0.25) is 10.1 Å². The maximum atomic E-state index is 12.3. The highest BCUT2D eigenvalue weighted by Crippen LogP contribution is 2.48. The summed E-state index contributed by atoms with van der Waals surface area (Å²) < 4.78 is 37.0. The highest BCUT2D eigenvalue weighted by Gasteiger charge is 2.63. The minimum Gasteiger partial charge on any atom is -0.355 e. The number of nitrogens with one attached hydrogen (secondary N) is 2. The molecular weight excluding hydrogens is 197 g/mol. The average molecular weight is 210 g/mol. The van der Waals surface area contributed by atoms with Crippen molar-refractivity contribution in [3.8, 4) is 0 Å². The van der Waals surface area contributed by atoms with Crippen LogP contribution < -0.4 is 10.6 Å². The number of alkyl halides is 3. The molecule has 6 heteroatoms. The SMILES string of the molecule is CCNC(=O)CNC1(C(F)(F)F)CC1. The van der Waals surface area contributed by atoms with Gasteiger partial charge in [0.2, 0.25) is 5.91 Å². The van der Waals surface area contributed by atoms with E-state index < -0.39 is 17.6 Å². The summed E-state index contributed by atoms with van der Waals surface area (Å²) in [5.74, 6) is -0.400. The van der Waals surface area contributed by atoms with Crippen molar-refractivity contribution in [3.05, 3.63) is 0 Å². The number of hydrogen-bond acceptors (Lipinski definition) is 2. The Kier molecular flexibility index (Phi) is 3.04. The quantitative estimate of drug-likeness (QED) is 0.720. The van der Waals surface area contributed by atoms with Crippen molar-refractivity contribution in [3.63, 3.8) is 0 Å². The molecular formula is C8H13F3N2O. The molecule has 0 bridgehead atoms. The fourth-order valence-electron chi connectivity index (χ4n) is 1.19. The summed E-state index contributed by atoms with van der Waals surface area (Å²) in [6.45, 7) is 1.88. The molecule has 2 N–H and O–H groups in total. The van der Waals surface area contributed by atoms with Crippen LogP contribution in [0.2, 0.25) is 0 Å². The molecule has 1 fully saturated rings. The van der Waals surface area contributed by atoms with Gasteiger partial charge in [0, 0.05) is 6.54 Å². The molecule has 0 aromatic rings. The lowest BCUT2D eigenvalue weighted by Gasteiger charge is -2.20. The summed E-state index contributed by atoms with van der Waals surface area (Å²) >= 11 is 0. The standard InChI is InChI=1S/C8H13F3N2O/c1-2-12-6(14)5-13-7(3-4-7)8(9,10)11/h13H,2-5H2,1H3,(H,12,14). The van der Waals surface area contributed by atoms with Gasteiger partial charge in [-0.05, 0) is 19.8 Å². The molecule has 0 aliphatic heterocycles. The van der Waals surface area contributed by atoms with Crippen LogP contribution in [0.25, 0.3) is 0 Å². The van der Waals surface area contributed by atoms with Gasteiger partial charge < -0.3 is 5.32 Å². The van der Waals surface area contributed by atoms with Crippen molar-refractivity contribution in [2.24, 2.45) is 0 Å². The molecule has 0 radical (unpaired) electrons. The zero-order chi connectivity index (χ0) is 10.8. The Morgan fingerprint density at radius 2 is 2.00 bits per heavy atom. The van der Waals surface area contributed by atoms with Crippen LogP contribution in [0.4, 0.5) is 13.2 Å². The lowest BCUT2D eigenvalue weighted by Crippen LogP contribution is -2.48. The molecule has 0 spiro atoms. The lowest BCUT2D eigenvalue weighted by molar-refractivity contribution is -0.166. The van der Waals surface area contributed by atoms with Crippen molar-refractivity contribution in [2.45, 2.75) is 31.5 Å². The van der Waals surface area contributed by atoms with Crippen molar-refractivity contribution >= 4 is 5.91 Å². The second-order valence-corrected chi connectivity index (χ2v) is 3.39. The van der Waals surface area contributed by atoms with Gasteiger partial charge in [-0.1, -0.05) is 0 Å². The van der Waals surface area contributed by atoms with Gasteiger partial charge in [-0.25, -0.2) is 0 Å². The Hall–Kier alpha value is -0.780. The number of rotatable bonds is 4. The number of halogens is 3. The second kappa shape index (κ2) is 3.76. The van der Waals surface area contributed by atoms with Crippen molar-refractivity contribution in [1.82, 2.24) is 10.6 Å². The zero-order valence-electron chi connectivity index (χ0n) is 7.87. The van der Waals surface area contributed by atoms with E-state index in [-0.39, 0.29) is 19.4 Å². The molecule has 82 valence electrons. The summed E-state index contributed by atoms with van der Waals surface area (Å²) in [6, 6.07) is 0. The highest BCUT2D eigenvalue weighted by molar-refractivity contribution is 5.78. The van der Waals surface area contributed by atoms with E-state index in [1.807, 2.05) is 0 Å². The molecule has 0 unspecified atom stereocenters. The average Bonchev–Trinajstić information content (AvgIpc) is 2.80. The Morgan fingerprint density at radius 3 is 2.36 bits per heavy atom. The van der Waals surface area contributed by atoms with Crippen LogP contribution in [-0.4, -0.2) is 30.7 Å². The van der Waals surface area contributed by atoms with E-state index in [1.165, 1.54) is 0 Å². The van der Waals surface area contributed by atoms with Gasteiger partial charge in [-0.2, -0.15) is 13.2 Å². The first-order valence-electron chi connectivity index (χ1n) is 4.50. The second-order valence-electron chi connectivity index (χ2n) is 3.39. The van der Waals surface area contributed by atoms with E-state index >= 15 is 0 Å². The topological polar surface area (TPSA) is 41.1 Å². The molecule has 0 saturated heterocycles. The summed E-state index contributed by atoms with van der Waals surface area (Å²) in [7, 11) is 0. The molecule has 1 aliphatic carbocycles. The number of hydrogen-bond donors (Lipinski definition) is 2. The van der Waals surface area contributed by atoms with Crippen molar-refractivity contribution in [2.75, 3.05) is 13.1 Å². The van der Waals surface area contributed by atoms with E-state index in [9.17, 15) is 18.0 Å². The van der Waals surface area contributed by atoms with Gasteiger partial charge in [0.25, 0.3) is 0 Å². The fourth-order valence-corrected chi connectivity index (χ4v) is 1.19. The van der Waals surface area contributed by atoms with Gasteiger partial charge in [0.05, 0.1) is 6.54 Å². The van der Waals surface area contributed by atoms with Crippen LogP contribution in [0.1, 0.15) is 19.8 Å². The minimum absolute atomic E-state index is 0.0654. The zero-order valence-corrected chi connectivity index (χ0v) is 7.87. The Morgan fingerprint density at radius 1 is 1.43 bits per heavy atom. The van der Waals surface area contributed by atoms with Gasteiger partial charge in [0.1, 0.15) is 5.54 Å². The molecule has 3 nitrogen and oxygen atoms in total. The summed E-state index contributed by atoms with van der Waals surface area (Å²) in [5.41, 5.74) is -1.79. The Bertz CT molecular complexity index is 223. The van der Waals surface area contributed by atoms with Gasteiger partial charge >= 0.3 is 6.18 Å². The molecule has 0 aromatic heterocycles. The van der Waals surface area contributed by atoms with E-state index in [0.29, 0.717) is 6.54 Å². The first kappa shape index (κ1) is 11.3. The van der Waals surface area contributed by atoms with Crippen molar-refractivity contribution < 1.29 is 18.0 Å². The van der Waals surface area contributed by atoms with Crippen LogP contribution in [0.15, 0.2) is 0 Å². The molecule has 1 rings (SSSR count). The summed E-state index contributed by atoms with van der Waals surface area (Å²) in [5, 5.41) is 4.69. The third-order valence-corrected chi connectivity index (χ3v) is 2.25. The van der Waals surface area contributed by atoms with E-state index in [4.69, 9.17) is 0 Å². The van der Waals surface area contributed by atoms with Crippen molar-refractivity contribution in [1.29, 1.82) is 0 Å². The first-order valence-corrected chi connectivity index (χ1v) is 4.50. The third kappa shape index (κ3) is 2.37. The van der Waals surface area contributed by atoms with Crippen LogP contribution in [0, 0.1) is 0 Å².